The van der Waals surface area contributed by atoms with Crippen molar-refractivity contribution in [2.24, 2.45) is 7.05 Å². The van der Waals surface area contributed by atoms with Gasteiger partial charge in [-0.25, -0.2) is 18.6 Å². The molecule has 3 aromatic rings. The minimum absolute atomic E-state index is 0.0168. The molecule has 1 aliphatic carbocycles. The summed E-state index contributed by atoms with van der Waals surface area (Å²) in [5.74, 6) is -0.767. The zero-order valence-corrected chi connectivity index (χ0v) is 21.2. The van der Waals surface area contributed by atoms with Crippen LogP contribution in [0.5, 0.6) is 0 Å². The average molecular weight is 512 g/mol. The Morgan fingerprint density at radius 2 is 1.92 bits per heavy atom. The van der Waals surface area contributed by atoms with Crippen LogP contribution < -0.4 is 16.3 Å². The van der Waals surface area contributed by atoms with Crippen molar-refractivity contribution < 1.29 is 8.78 Å². The van der Waals surface area contributed by atoms with Gasteiger partial charge in [-0.2, -0.15) is 14.3 Å². The molecule has 3 aliphatic rings. The molecule has 4 heterocycles. The average Bonchev–Trinajstić information content (AvgIpc) is 3.49. The smallest absolute Gasteiger partial charge is 0.365 e. The first-order valence-electron chi connectivity index (χ1n) is 12.9. The Hall–Kier alpha value is -3.41. The Morgan fingerprint density at radius 3 is 2.65 bits per heavy atom. The highest BCUT2D eigenvalue weighted by Crippen LogP contribution is 2.44. The lowest BCUT2D eigenvalue weighted by atomic mass is 9.84. The van der Waals surface area contributed by atoms with Crippen LogP contribution in [0.25, 0.3) is 5.69 Å². The fourth-order valence-corrected chi connectivity index (χ4v) is 6.00. The first-order valence-corrected chi connectivity index (χ1v) is 12.9. The molecule has 0 unspecified atom stereocenters. The molecular weight excluding hydrogens is 480 g/mol. The van der Waals surface area contributed by atoms with E-state index in [1.54, 1.807) is 0 Å². The fourth-order valence-electron chi connectivity index (χ4n) is 6.00. The van der Waals surface area contributed by atoms with Crippen molar-refractivity contribution in [3.63, 3.8) is 0 Å². The molecule has 2 aliphatic heterocycles. The molecule has 12 heteroatoms. The summed E-state index contributed by atoms with van der Waals surface area (Å²) in [6.07, 6.45) is 7.03. The molecular formula is C25H31F2N9O. The van der Waals surface area contributed by atoms with Gasteiger partial charge in [-0.1, -0.05) is 0 Å². The third kappa shape index (κ3) is 4.47. The number of nitrogens with zero attached hydrogens (tertiary/aromatic N) is 7. The maximum absolute atomic E-state index is 15.1. The van der Waals surface area contributed by atoms with Crippen LogP contribution >= 0.6 is 0 Å². The van der Waals surface area contributed by atoms with Crippen LogP contribution in [0.15, 0.2) is 23.1 Å². The highest BCUT2D eigenvalue weighted by atomic mass is 19.1. The van der Waals surface area contributed by atoms with Crippen LogP contribution in [0.2, 0.25) is 0 Å². The van der Waals surface area contributed by atoms with Gasteiger partial charge in [0.1, 0.15) is 5.82 Å². The lowest BCUT2D eigenvalue weighted by Crippen LogP contribution is -2.55. The Morgan fingerprint density at radius 1 is 1.11 bits per heavy atom. The molecule has 2 saturated heterocycles. The van der Waals surface area contributed by atoms with Crippen molar-refractivity contribution >= 4 is 17.5 Å². The lowest BCUT2D eigenvalue weighted by molar-refractivity contribution is 0.0500. The Bertz CT molecular complexity index is 1400. The minimum Gasteiger partial charge on any atom is -0.365 e. The molecule has 2 aromatic heterocycles. The Balaban J connectivity index is 1.27. The minimum atomic E-state index is -0.562. The molecule has 1 aromatic carbocycles. The number of fused-ring (bicyclic) bond motifs is 1. The van der Waals surface area contributed by atoms with Gasteiger partial charge in [0.25, 0.3) is 0 Å². The van der Waals surface area contributed by atoms with Gasteiger partial charge in [-0.05, 0) is 93.0 Å². The fraction of sp³-hybridized carbons (Fsp3) is 0.560. The topological polar surface area (TPSA) is 106 Å². The van der Waals surface area contributed by atoms with E-state index in [0.29, 0.717) is 17.3 Å². The molecule has 6 rings (SSSR count). The van der Waals surface area contributed by atoms with Gasteiger partial charge >= 0.3 is 5.69 Å². The number of aryl methyl sites for hydroxylation is 1. The summed E-state index contributed by atoms with van der Waals surface area (Å²) in [7, 11) is 1.50. The van der Waals surface area contributed by atoms with Crippen LogP contribution in [0.3, 0.4) is 0 Å². The van der Waals surface area contributed by atoms with E-state index >= 15 is 4.39 Å². The number of rotatable bonds is 6. The second kappa shape index (κ2) is 8.86. The first-order chi connectivity index (χ1) is 17.7. The van der Waals surface area contributed by atoms with Gasteiger partial charge in [0, 0.05) is 24.7 Å². The van der Waals surface area contributed by atoms with E-state index in [0.717, 1.165) is 54.2 Å². The zero-order valence-electron chi connectivity index (χ0n) is 21.2. The van der Waals surface area contributed by atoms with Crippen LogP contribution in [-0.2, 0) is 7.05 Å². The third-order valence-corrected chi connectivity index (χ3v) is 7.87. The number of aromatic nitrogens is 6. The summed E-state index contributed by atoms with van der Waals surface area (Å²) in [4.78, 5) is 23.4. The normalized spacial score (nSPS) is 23.2. The molecule has 37 heavy (non-hydrogen) atoms. The molecule has 0 radical (unpaired) electrons. The van der Waals surface area contributed by atoms with E-state index in [2.05, 4.69) is 49.8 Å². The summed E-state index contributed by atoms with van der Waals surface area (Å²) < 4.78 is 32.2. The van der Waals surface area contributed by atoms with Gasteiger partial charge in [-0.3, -0.25) is 4.90 Å². The Kier molecular flexibility index (Phi) is 5.74. The number of tetrazole rings is 1. The number of hydrogen-bond acceptors (Lipinski definition) is 8. The molecule has 0 bridgehead atoms. The first kappa shape index (κ1) is 24.0. The van der Waals surface area contributed by atoms with Gasteiger partial charge in [-0.15, -0.1) is 0 Å². The van der Waals surface area contributed by atoms with Gasteiger partial charge in [0.15, 0.2) is 11.6 Å². The van der Waals surface area contributed by atoms with Crippen molar-refractivity contribution in [3.8, 4) is 5.69 Å². The highest BCUT2D eigenvalue weighted by Gasteiger charge is 2.43. The summed E-state index contributed by atoms with van der Waals surface area (Å²) in [6, 6.07) is 3.47. The predicted octanol–water partition coefficient (Wildman–Crippen LogP) is 3.47. The lowest BCUT2D eigenvalue weighted by Gasteiger charge is -2.47. The molecule has 0 amide bonds. The molecule has 2 N–H and O–H groups in total. The maximum Gasteiger partial charge on any atom is 0.368 e. The van der Waals surface area contributed by atoms with Gasteiger partial charge < -0.3 is 10.6 Å². The molecule has 1 saturated carbocycles. The summed E-state index contributed by atoms with van der Waals surface area (Å²) in [5.41, 5.74) is 0.808. The summed E-state index contributed by atoms with van der Waals surface area (Å²) >= 11 is 0. The van der Waals surface area contributed by atoms with Gasteiger partial charge in [0.2, 0.25) is 5.95 Å². The van der Waals surface area contributed by atoms with Crippen LogP contribution in [0, 0.1) is 11.6 Å². The molecule has 10 nitrogen and oxygen atoms in total. The van der Waals surface area contributed by atoms with Crippen molar-refractivity contribution in [2.45, 2.75) is 75.9 Å². The second-order valence-corrected chi connectivity index (χ2v) is 11.1. The summed E-state index contributed by atoms with van der Waals surface area (Å²) in [5, 5.41) is 13.9. The molecule has 2 atom stereocenters. The van der Waals surface area contributed by atoms with Crippen LogP contribution in [0.4, 0.5) is 26.2 Å². The number of hydrogen-bond donors (Lipinski definition) is 2. The van der Waals surface area contributed by atoms with E-state index < -0.39 is 17.3 Å². The number of halogens is 2. The van der Waals surface area contributed by atoms with E-state index in [1.807, 2.05) is 0 Å². The quantitative estimate of drug-likeness (QED) is 0.518. The van der Waals surface area contributed by atoms with Gasteiger partial charge in [0.05, 0.1) is 17.6 Å². The molecule has 0 spiro atoms. The van der Waals surface area contributed by atoms with Crippen molar-refractivity contribution in [3.05, 3.63) is 46.0 Å². The molecule has 3 fully saturated rings. The van der Waals surface area contributed by atoms with Crippen LogP contribution in [-0.4, -0.2) is 58.8 Å². The van der Waals surface area contributed by atoms with E-state index in [9.17, 15) is 9.18 Å². The third-order valence-electron chi connectivity index (χ3n) is 7.87. The number of anilines is 3. The van der Waals surface area contributed by atoms with Crippen molar-refractivity contribution in [1.29, 1.82) is 0 Å². The second-order valence-electron chi connectivity index (χ2n) is 11.1. The number of benzene rings is 1. The van der Waals surface area contributed by atoms with Crippen molar-refractivity contribution in [1.82, 2.24) is 34.7 Å². The summed E-state index contributed by atoms with van der Waals surface area (Å²) in [6.45, 7) is 5.57. The largest absolute Gasteiger partial charge is 0.368 e. The number of piperidine rings is 1. The predicted molar refractivity (Wildman–Crippen MR) is 134 cm³/mol. The standard InChI is InChI=1S/C25H31F2N9O/c1-25(2)12-15(9-16-5-4-8-35(16)25)29-22-19(27)13-28-23(31-22)30-20-11-21(36-24(37)34(3)32-33-36)17(10-18(20)26)14-6-7-14/h10-11,13-16H,4-9,12H2,1-3H3,(H2,28,29,30,31)/t15-,16-/m1/s1. The SMILES string of the molecule is Cn1nnn(-c2cc(Nc3ncc(F)c(N[C@@H]4C[C@H]5CCCN5C(C)(C)C4)n3)c(F)cc2C2CC2)c1=O. The maximum atomic E-state index is 15.1. The van der Waals surface area contributed by atoms with Crippen molar-refractivity contribution in [2.75, 3.05) is 17.2 Å². The Labute approximate surface area is 213 Å². The van der Waals surface area contributed by atoms with E-state index in [1.165, 1.54) is 25.6 Å². The monoisotopic (exact) mass is 511 g/mol. The number of nitrogens with one attached hydrogen (secondary N) is 2. The van der Waals surface area contributed by atoms with E-state index in [4.69, 9.17) is 0 Å². The zero-order chi connectivity index (χ0) is 25.9. The van der Waals surface area contributed by atoms with E-state index in [-0.39, 0.29) is 35.0 Å². The highest BCUT2D eigenvalue weighted by molar-refractivity contribution is 5.62. The molecule has 196 valence electrons. The van der Waals surface area contributed by atoms with Crippen LogP contribution in [0.1, 0.15) is 63.9 Å².